The molecule has 2 N–H and O–H groups in total. The van der Waals surface area contributed by atoms with Gasteiger partial charge in [0.05, 0.1) is 0 Å². The van der Waals surface area contributed by atoms with Crippen LogP contribution >= 0.6 is 11.8 Å². The highest BCUT2D eigenvalue weighted by Gasteiger charge is 2.55. The average Bonchev–Trinajstić information content (AvgIpc) is 3.34. The third-order valence-corrected chi connectivity index (χ3v) is 7.92. The van der Waals surface area contributed by atoms with Crippen LogP contribution in [0.5, 0.6) is 0 Å². The molecule has 5 rings (SSSR count). The Kier molecular flexibility index (Phi) is 7.71. The fraction of sp³-hybridized carbons (Fsp3) is 0.333. The van der Waals surface area contributed by atoms with E-state index in [4.69, 9.17) is 9.47 Å². The van der Waals surface area contributed by atoms with E-state index in [1.807, 2.05) is 60.7 Å². The standard InChI is InChI=1S/C30H31N3O6S/c1-30(2,3)39-29(37)32-22-26(35)33-23(21(17-40-27(22)33)16-20-14-15-31-25(20)34)28(36)38-24(18-10-6-4-7-11-18)19-12-8-5-9-13-19/h4-13,16,22,24,27H,14-15,17H2,1-3H3,(H,31,34)(H,32,37)/b20-16+. The van der Waals surface area contributed by atoms with Crippen molar-refractivity contribution in [2.24, 2.45) is 0 Å². The maximum absolute atomic E-state index is 13.9. The summed E-state index contributed by atoms with van der Waals surface area (Å²) in [6, 6.07) is 17.9. The second-order valence-corrected chi connectivity index (χ2v) is 11.8. The van der Waals surface area contributed by atoms with Crippen LogP contribution in [-0.2, 0) is 23.9 Å². The molecule has 2 unspecified atom stereocenters. The van der Waals surface area contributed by atoms with E-state index in [2.05, 4.69) is 10.6 Å². The second-order valence-electron chi connectivity index (χ2n) is 10.7. The molecule has 0 saturated carbocycles. The second kappa shape index (κ2) is 11.2. The highest BCUT2D eigenvalue weighted by molar-refractivity contribution is 8.00. The maximum atomic E-state index is 13.9. The number of ether oxygens (including phenoxy) is 2. The van der Waals surface area contributed by atoms with Crippen LogP contribution in [0.2, 0.25) is 0 Å². The lowest BCUT2D eigenvalue weighted by Gasteiger charge is -2.49. The summed E-state index contributed by atoms with van der Waals surface area (Å²) in [6.07, 6.45) is 0.783. The Morgan fingerprint density at radius 3 is 2.23 bits per heavy atom. The van der Waals surface area contributed by atoms with E-state index >= 15 is 0 Å². The van der Waals surface area contributed by atoms with Gasteiger partial charge in [0.15, 0.2) is 6.10 Å². The van der Waals surface area contributed by atoms with Crippen LogP contribution < -0.4 is 10.6 Å². The first-order valence-electron chi connectivity index (χ1n) is 13.1. The molecular formula is C30H31N3O6S. The first-order valence-corrected chi connectivity index (χ1v) is 14.1. The van der Waals surface area contributed by atoms with E-state index in [1.165, 1.54) is 16.7 Å². The fourth-order valence-corrected chi connectivity index (χ4v) is 6.12. The molecule has 2 atom stereocenters. The van der Waals surface area contributed by atoms with Crippen LogP contribution in [0.25, 0.3) is 0 Å². The van der Waals surface area contributed by atoms with E-state index in [-0.39, 0.29) is 11.6 Å². The van der Waals surface area contributed by atoms with Crippen molar-refractivity contribution in [2.45, 2.75) is 50.3 Å². The highest BCUT2D eigenvalue weighted by Crippen LogP contribution is 2.42. The minimum atomic E-state index is -0.856. The molecule has 3 heterocycles. The fourth-order valence-electron chi connectivity index (χ4n) is 4.81. The number of nitrogens with one attached hydrogen (secondary N) is 2. The van der Waals surface area contributed by atoms with Gasteiger partial charge in [-0.1, -0.05) is 60.7 Å². The van der Waals surface area contributed by atoms with Gasteiger partial charge in [-0.15, -0.1) is 11.8 Å². The SMILES string of the molecule is CC(C)(C)OC(=O)NC1C(=O)N2C(C(=O)OC(c3ccccc3)c3ccccc3)=C(/C=C3\CCNC3=O)CSC12. The Morgan fingerprint density at radius 1 is 1.05 bits per heavy atom. The lowest BCUT2D eigenvalue weighted by atomic mass is 10.00. The number of β-lactam (4-membered cyclic amide) rings is 1. The zero-order chi connectivity index (χ0) is 28.4. The summed E-state index contributed by atoms with van der Waals surface area (Å²) in [4.78, 5) is 53.4. The van der Waals surface area contributed by atoms with Gasteiger partial charge in [-0.3, -0.25) is 14.5 Å². The molecule has 208 valence electrons. The van der Waals surface area contributed by atoms with Crippen molar-refractivity contribution < 1.29 is 28.7 Å². The summed E-state index contributed by atoms with van der Waals surface area (Å²) in [5, 5.41) is 4.90. The smallest absolute Gasteiger partial charge is 0.408 e. The summed E-state index contributed by atoms with van der Waals surface area (Å²) >= 11 is 1.40. The molecule has 0 aromatic heterocycles. The minimum absolute atomic E-state index is 0.0834. The Balaban J connectivity index is 1.47. The summed E-state index contributed by atoms with van der Waals surface area (Å²) in [7, 11) is 0. The first-order chi connectivity index (χ1) is 19.1. The zero-order valence-corrected chi connectivity index (χ0v) is 23.3. The summed E-state index contributed by atoms with van der Waals surface area (Å²) in [5.74, 6) is -0.975. The molecule has 10 heteroatoms. The van der Waals surface area contributed by atoms with Gasteiger partial charge in [-0.25, -0.2) is 9.59 Å². The van der Waals surface area contributed by atoms with Crippen molar-refractivity contribution in [3.8, 4) is 0 Å². The lowest BCUT2D eigenvalue weighted by molar-refractivity contribution is -0.153. The molecular weight excluding hydrogens is 530 g/mol. The van der Waals surface area contributed by atoms with Crippen molar-refractivity contribution >= 4 is 35.6 Å². The van der Waals surface area contributed by atoms with Gasteiger partial charge in [0.25, 0.3) is 5.91 Å². The van der Waals surface area contributed by atoms with Crippen molar-refractivity contribution in [3.05, 3.63) is 94.7 Å². The molecule has 0 spiro atoms. The summed E-state index contributed by atoms with van der Waals surface area (Å²) in [5.41, 5.74) is 1.98. The molecule has 0 radical (unpaired) electrons. The number of hydrogen-bond acceptors (Lipinski definition) is 7. The van der Waals surface area contributed by atoms with E-state index in [9.17, 15) is 19.2 Å². The van der Waals surface area contributed by atoms with Gasteiger partial charge in [0, 0.05) is 17.9 Å². The number of rotatable bonds is 6. The van der Waals surface area contributed by atoms with E-state index < -0.39 is 41.1 Å². The van der Waals surface area contributed by atoms with Crippen molar-refractivity contribution in [1.29, 1.82) is 0 Å². The average molecular weight is 562 g/mol. The Morgan fingerprint density at radius 2 is 1.68 bits per heavy atom. The van der Waals surface area contributed by atoms with Gasteiger partial charge in [0.1, 0.15) is 22.7 Å². The van der Waals surface area contributed by atoms with Crippen molar-refractivity contribution in [1.82, 2.24) is 15.5 Å². The summed E-state index contributed by atoms with van der Waals surface area (Å²) < 4.78 is 11.5. The van der Waals surface area contributed by atoms with Gasteiger partial charge >= 0.3 is 12.1 Å². The number of thioether (sulfide) groups is 1. The van der Waals surface area contributed by atoms with Crippen LogP contribution in [0, 0.1) is 0 Å². The quantitative estimate of drug-likeness (QED) is 0.313. The normalized spacial score (nSPS) is 21.6. The maximum Gasteiger partial charge on any atom is 0.408 e. The topological polar surface area (TPSA) is 114 Å². The number of hydrogen-bond donors (Lipinski definition) is 2. The number of benzene rings is 2. The van der Waals surface area contributed by atoms with Crippen LogP contribution in [-0.4, -0.2) is 58.1 Å². The van der Waals surface area contributed by atoms with Crippen LogP contribution in [0.15, 0.2) is 83.6 Å². The predicted octanol–water partition coefficient (Wildman–Crippen LogP) is 3.83. The number of carbonyl (C=O) groups is 4. The van der Waals surface area contributed by atoms with Crippen molar-refractivity contribution in [3.63, 3.8) is 0 Å². The molecule has 2 saturated heterocycles. The van der Waals surface area contributed by atoms with Crippen molar-refractivity contribution in [2.75, 3.05) is 12.3 Å². The van der Waals surface area contributed by atoms with E-state index in [0.717, 1.165) is 11.1 Å². The lowest BCUT2D eigenvalue weighted by Crippen LogP contribution is -2.70. The molecule has 2 fully saturated rings. The highest BCUT2D eigenvalue weighted by atomic mass is 32.2. The number of fused-ring (bicyclic) bond motifs is 1. The molecule has 2 aromatic rings. The van der Waals surface area contributed by atoms with E-state index in [0.29, 0.717) is 29.9 Å². The number of nitrogens with zero attached hydrogens (tertiary/aromatic N) is 1. The van der Waals surface area contributed by atoms with Crippen LogP contribution in [0.3, 0.4) is 0 Å². The van der Waals surface area contributed by atoms with Gasteiger partial charge in [-0.05, 0) is 50.0 Å². The molecule has 0 bridgehead atoms. The van der Waals surface area contributed by atoms with Gasteiger partial charge in [-0.2, -0.15) is 0 Å². The molecule has 3 amide bonds. The zero-order valence-electron chi connectivity index (χ0n) is 22.5. The summed E-state index contributed by atoms with van der Waals surface area (Å²) in [6.45, 7) is 5.73. The number of esters is 1. The largest absolute Gasteiger partial charge is 0.448 e. The number of amides is 3. The van der Waals surface area contributed by atoms with Gasteiger partial charge in [0.2, 0.25) is 5.91 Å². The third-order valence-electron chi connectivity index (χ3n) is 6.61. The Labute approximate surface area is 237 Å². The Bertz CT molecular complexity index is 1340. The number of alkyl carbamates (subject to hydrolysis) is 1. The number of carbonyl (C=O) groups excluding carboxylic acids is 4. The molecule has 3 aliphatic heterocycles. The predicted molar refractivity (Wildman–Crippen MR) is 150 cm³/mol. The van der Waals surface area contributed by atoms with Crippen LogP contribution in [0.4, 0.5) is 4.79 Å². The molecule has 9 nitrogen and oxygen atoms in total. The monoisotopic (exact) mass is 561 g/mol. The Hall–Kier alpha value is -4.05. The third kappa shape index (κ3) is 5.77. The molecule has 0 aliphatic carbocycles. The first kappa shape index (κ1) is 27.5. The minimum Gasteiger partial charge on any atom is -0.448 e. The molecule has 2 aromatic carbocycles. The molecule has 40 heavy (non-hydrogen) atoms. The van der Waals surface area contributed by atoms with Gasteiger partial charge < -0.3 is 20.1 Å². The molecule has 3 aliphatic rings. The number of allylic oxidation sites excluding steroid dienone is 1. The van der Waals surface area contributed by atoms with E-state index in [1.54, 1.807) is 26.8 Å². The van der Waals surface area contributed by atoms with Crippen LogP contribution in [0.1, 0.15) is 44.4 Å².